The van der Waals surface area contributed by atoms with Gasteiger partial charge in [-0.15, -0.1) is 0 Å². The van der Waals surface area contributed by atoms with Crippen molar-refractivity contribution in [3.8, 4) is 5.75 Å². The Balaban J connectivity index is 2.06. The lowest BCUT2D eigenvalue weighted by Gasteiger charge is -2.24. The van der Waals surface area contributed by atoms with Crippen molar-refractivity contribution < 1.29 is 17.9 Å². The fraction of sp³-hybridized carbons (Fsp3) is 0.500. The zero-order valence-electron chi connectivity index (χ0n) is 9.50. The van der Waals surface area contributed by atoms with Crippen LogP contribution < -0.4 is 4.74 Å². The van der Waals surface area contributed by atoms with Crippen molar-refractivity contribution in [1.82, 2.24) is 4.90 Å². The smallest absolute Gasteiger partial charge is 0.460 e. The van der Waals surface area contributed by atoms with E-state index in [1.54, 1.807) is 24.3 Å². The van der Waals surface area contributed by atoms with Crippen molar-refractivity contribution in [2.24, 2.45) is 0 Å². The summed E-state index contributed by atoms with van der Waals surface area (Å²) >= 11 is 0. The Morgan fingerprint density at radius 2 is 1.82 bits per heavy atom. The molecule has 1 fully saturated rings. The average Bonchev–Trinajstić information content (AvgIpc) is 3.09. The number of methoxy groups -OCH3 is 1. The molecule has 0 aromatic heterocycles. The molecule has 0 heterocycles. The van der Waals surface area contributed by atoms with Gasteiger partial charge in [0.25, 0.3) is 0 Å². The van der Waals surface area contributed by atoms with E-state index in [1.807, 2.05) is 0 Å². The van der Waals surface area contributed by atoms with E-state index in [2.05, 4.69) is 0 Å². The van der Waals surface area contributed by atoms with E-state index in [4.69, 9.17) is 4.74 Å². The van der Waals surface area contributed by atoms with Crippen molar-refractivity contribution in [2.75, 3.05) is 7.11 Å². The maximum Gasteiger partial charge on any atom is 0.460 e. The van der Waals surface area contributed by atoms with Crippen LogP contribution in [0.2, 0.25) is 0 Å². The van der Waals surface area contributed by atoms with Gasteiger partial charge in [0.2, 0.25) is 0 Å². The van der Waals surface area contributed by atoms with Crippen molar-refractivity contribution in [2.45, 2.75) is 31.7 Å². The van der Waals surface area contributed by atoms with Crippen molar-refractivity contribution in [3.63, 3.8) is 0 Å². The van der Waals surface area contributed by atoms with Crippen molar-refractivity contribution >= 4 is 0 Å². The summed E-state index contributed by atoms with van der Waals surface area (Å²) in [5.74, 6) is 0.652. The maximum absolute atomic E-state index is 12.7. The monoisotopic (exact) mass is 245 g/mol. The minimum absolute atomic E-state index is 0.0852. The standard InChI is InChI=1S/C12H14F3NO/c1-17-11-6-2-9(3-7-11)8-16(10-4-5-10)12(13,14)15/h2-3,6-7,10H,4-5,8H2,1H3. The van der Waals surface area contributed by atoms with Gasteiger partial charge in [0.15, 0.2) is 0 Å². The topological polar surface area (TPSA) is 12.5 Å². The number of rotatable bonds is 4. The molecule has 2 rings (SSSR count). The number of hydrogen-bond donors (Lipinski definition) is 0. The van der Waals surface area contributed by atoms with E-state index in [9.17, 15) is 13.2 Å². The number of benzene rings is 1. The maximum atomic E-state index is 12.7. The SMILES string of the molecule is COc1ccc(CN(C2CC2)C(F)(F)F)cc1. The largest absolute Gasteiger partial charge is 0.497 e. The molecular formula is C12H14F3NO. The molecule has 0 aliphatic heterocycles. The van der Waals surface area contributed by atoms with Crippen LogP contribution in [0.1, 0.15) is 18.4 Å². The second-order valence-electron chi connectivity index (χ2n) is 4.17. The number of halogens is 3. The molecule has 0 amide bonds. The van der Waals surface area contributed by atoms with Crippen molar-refractivity contribution in [1.29, 1.82) is 0 Å². The number of hydrogen-bond acceptors (Lipinski definition) is 2. The van der Waals surface area contributed by atoms with Gasteiger partial charge >= 0.3 is 6.30 Å². The van der Waals surface area contributed by atoms with Gasteiger partial charge in [-0.2, -0.15) is 13.2 Å². The van der Waals surface area contributed by atoms with Gasteiger partial charge < -0.3 is 4.74 Å². The highest BCUT2D eigenvalue weighted by atomic mass is 19.4. The molecule has 2 nitrogen and oxygen atoms in total. The molecule has 17 heavy (non-hydrogen) atoms. The molecule has 1 saturated carbocycles. The van der Waals surface area contributed by atoms with Crippen LogP contribution in [0.3, 0.4) is 0 Å². The van der Waals surface area contributed by atoms with Crippen LogP contribution in [0.5, 0.6) is 5.75 Å². The van der Waals surface area contributed by atoms with E-state index in [0.29, 0.717) is 29.1 Å². The molecule has 5 heteroatoms. The minimum Gasteiger partial charge on any atom is -0.497 e. The van der Waals surface area contributed by atoms with Crippen LogP contribution in [0.4, 0.5) is 13.2 Å². The summed E-state index contributed by atoms with van der Waals surface area (Å²) in [6.07, 6.45) is -2.98. The Morgan fingerprint density at radius 1 is 1.24 bits per heavy atom. The van der Waals surface area contributed by atoms with Crippen LogP contribution in [-0.4, -0.2) is 24.4 Å². The molecule has 0 bridgehead atoms. The van der Waals surface area contributed by atoms with E-state index in [1.165, 1.54) is 7.11 Å². The Morgan fingerprint density at radius 3 is 2.24 bits per heavy atom. The zero-order valence-corrected chi connectivity index (χ0v) is 9.50. The lowest BCUT2D eigenvalue weighted by molar-refractivity contribution is -0.253. The third kappa shape index (κ3) is 3.12. The van der Waals surface area contributed by atoms with Gasteiger partial charge in [0, 0.05) is 12.6 Å². The van der Waals surface area contributed by atoms with Crippen molar-refractivity contribution in [3.05, 3.63) is 29.8 Å². The Kier molecular flexibility index (Phi) is 3.28. The Hall–Kier alpha value is -1.23. The molecule has 0 unspecified atom stereocenters. The first-order valence-corrected chi connectivity index (χ1v) is 5.47. The third-order valence-corrected chi connectivity index (χ3v) is 2.83. The molecule has 0 N–H and O–H groups in total. The summed E-state index contributed by atoms with van der Waals surface area (Å²) in [4.78, 5) is 0.606. The molecule has 0 saturated heterocycles. The summed E-state index contributed by atoms with van der Waals surface area (Å²) in [6, 6.07) is 6.35. The van der Waals surface area contributed by atoms with E-state index >= 15 is 0 Å². The highest BCUT2D eigenvalue weighted by Gasteiger charge is 2.45. The molecule has 1 aliphatic rings. The lowest BCUT2D eigenvalue weighted by atomic mass is 10.2. The first kappa shape index (κ1) is 12.2. The van der Waals surface area contributed by atoms with Gasteiger partial charge in [0.05, 0.1) is 7.11 Å². The molecule has 1 aliphatic carbocycles. The predicted octanol–water partition coefficient (Wildman–Crippen LogP) is 3.18. The van der Waals surface area contributed by atoms with Gasteiger partial charge in [-0.3, -0.25) is 0 Å². The van der Waals surface area contributed by atoms with Gasteiger partial charge in [-0.25, -0.2) is 4.90 Å². The first-order chi connectivity index (χ1) is 8.00. The van der Waals surface area contributed by atoms with E-state index in [-0.39, 0.29) is 12.6 Å². The lowest BCUT2D eigenvalue weighted by Crippen LogP contribution is -2.39. The minimum atomic E-state index is -4.25. The molecule has 0 atom stereocenters. The van der Waals surface area contributed by atoms with Crippen LogP contribution >= 0.6 is 0 Å². The molecule has 1 aromatic carbocycles. The first-order valence-electron chi connectivity index (χ1n) is 5.47. The van der Waals surface area contributed by atoms with Crippen LogP contribution in [0, 0.1) is 0 Å². The molecule has 94 valence electrons. The van der Waals surface area contributed by atoms with Gasteiger partial charge in [-0.1, -0.05) is 12.1 Å². The quantitative estimate of drug-likeness (QED) is 0.755. The van der Waals surface area contributed by atoms with Gasteiger partial charge in [-0.05, 0) is 30.5 Å². The van der Waals surface area contributed by atoms with Crippen LogP contribution in [-0.2, 0) is 6.54 Å². The summed E-state index contributed by atoms with van der Waals surface area (Å²) in [5.41, 5.74) is 0.648. The van der Waals surface area contributed by atoms with Crippen LogP contribution in [0.25, 0.3) is 0 Å². The highest BCUT2D eigenvalue weighted by Crippen LogP contribution is 2.36. The van der Waals surface area contributed by atoms with E-state index < -0.39 is 6.30 Å². The van der Waals surface area contributed by atoms with E-state index in [0.717, 1.165) is 0 Å². The van der Waals surface area contributed by atoms with Crippen LogP contribution in [0.15, 0.2) is 24.3 Å². The number of alkyl halides is 3. The molecule has 0 radical (unpaired) electrons. The molecular weight excluding hydrogens is 231 g/mol. The average molecular weight is 245 g/mol. The zero-order chi connectivity index (χ0) is 12.5. The number of nitrogens with zero attached hydrogens (tertiary/aromatic N) is 1. The highest BCUT2D eigenvalue weighted by molar-refractivity contribution is 5.27. The summed E-state index contributed by atoms with van der Waals surface area (Å²) in [5, 5.41) is 0. The third-order valence-electron chi connectivity index (χ3n) is 2.83. The number of ether oxygens (including phenoxy) is 1. The fourth-order valence-electron chi connectivity index (χ4n) is 1.74. The normalized spacial score (nSPS) is 16.3. The molecule has 1 aromatic rings. The fourth-order valence-corrected chi connectivity index (χ4v) is 1.74. The second kappa shape index (κ2) is 4.56. The predicted molar refractivity (Wildman–Crippen MR) is 57.6 cm³/mol. The molecule has 0 spiro atoms. The summed E-state index contributed by atoms with van der Waals surface area (Å²) in [7, 11) is 1.53. The summed E-state index contributed by atoms with van der Waals surface area (Å²) < 4.78 is 43.2. The second-order valence-corrected chi connectivity index (χ2v) is 4.17. The summed E-state index contributed by atoms with van der Waals surface area (Å²) in [6.45, 7) is -0.0852. The Labute approximate surface area is 98.0 Å². The van der Waals surface area contributed by atoms with Gasteiger partial charge in [0.1, 0.15) is 5.75 Å². The Bertz CT molecular complexity index is 370.